The summed E-state index contributed by atoms with van der Waals surface area (Å²) in [6, 6.07) is 4.00. The average molecular weight is 530 g/mol. The summed E-state index contributed by atoms with van der Waals surface area (Å²) in [5.41, 5.74) is 4.08. The second-order valence-electron chi connectivity index (χ2n) is 10.2. The Labute approximate surface area is 217 Å². The molecule has 1 aliphatic heterocycles. The first kappa shape index (κ1) is 26.3. The molecule has 0 saturated carbocycles. The third-order valence-corrected chi connectivity index (χ3v) is 7.84. The lowest BCUT2D eigenvalue weighted by Gasteiger charge is -2.41. The lowest BCUT2D eigenvalue weighted by Crippen LogP contribution is -2.52. The van der Waals surface area contributed by atoms with Gasteiger partial charge in [-0.25, -0.2) is 0 Å². The van der Waals surface area contributed by atoms with Gasteiger partial charge in [-0.1, -0.05) is 12.1 Å². The maximum atomic E-state index is 12.5. The zero-order valence-electron chi connectivity index (χ0n) is 21.1. The Morgan fingerprint density at radius 1 is 1.08 bits per heavy atom. The summed E-state index contributed by atoms with van der Waals surface area (Å²) >= 11 is 0. The first-order valence-electron chi connectivity index (χ1n) is 12.3. The van der Waals surface area contributed by atoms with Crippen LogP contribution in [-0.4, -0.2) is 73.7 Å². The van der Waals surface area contributed by atoms with Crippen molar-refractivity contribution in [1.29, 1.82) is 0 Å². The van der Waals surface area contributed by atoms with E-state index in [1.807, 2.05) is 0 Å². The van der Waals surface area contributed by atoms with Crippen molar-refractivity contribution < 1.29 is 49.6 Å². The number of carbonyl (C=O) groups excluding carboxylic acids is 1. The van der Waals surface area contributed by atoms with Crippen LogP contribution < -0.4 is 10.5 Å². The van der Waals surface area contributed by atoms with Gasteiger partial charge in [0.15, 0.2) is 12.1 Å². The zero-order chi connectivity index (χ0) is 27.7. The third kappa shape index (κ3) is 3.81. The largest absolute Gasteiger partial charge is 0.507 e. The van der Waals surface area contributed by atoms with Crippen LogP contribution in [0.25, 0.3) is 21.5 Å². The van der Waals surface area contributed by atoms with Gasteiger partial charge in [0.2, 0.25) is 0 Å². The monoisotopic (exact) mass is 529 g/mol. The molecule has 6 atom stereocenters. The van der Waals surface area contributed by atoms with Gasteiger partial charge in [0.25, 0.3) is 0 Å². The maximum Gasteiger partial charge on any atom is 0.161 e. The smallest absolute Gasteiger partial charge is 0.161 e. The van der Waals surface area contributed by atoms with Gasteiger partial charge >= 0.3 is 0 Å². The highest BCUT2D eigenvalue weighted by molar-refractivity contribution is 6.17. The number of ether oxygens (including phenoxy) is 3. The fourth-order valence-electron chi connectivity index (χ4n) is 5.70. The van der Waals surface area contributed by atoms with Gasteiger partial charge in [-0.05, 0) is 19.9 Å². The highest BCUT2D eigenvalue weighted by Crippen LogP contribution is 2.57. The molecular formula is C27H31NO10. The molecule has 3 aromatic rings. The van der Waals surface area contributed by atoms with Gasteiger partial charge in [0.1, 0.15) is 34.3 Å². The normalized spacial score (nSPS) is 29.4. The predicted octanol–water partition coefficient (Wildman–Crippen LogP) is 1.97. The van der Waals surface area contributed by atoms with E-state index in [0.717, 1.165) is 0 Å². The number of benzene rings is 3. The maximum absolute atomic E-state index is 12.5. The highest BCUT2D eigenvalue weighted by atomic mass is 16.7. The van der Waals surface area contributed by atoms with Gasteiger partial charge < -0.3 is 50.6 Å². The molecule has 0 bridgehead atoms. The molecule has 11 nitrogen and oxygen atoms in total. The number of carbonyl (C=O) groups is 1. The van der Waals surface area contributed by atoms with E-state index in [0.29, 0.717) is 0 Å². The summed E-state index contributed by atoms with van der Waals surface area (Å²) in [4.78, 5) is 12.5. The lowest BCUT2D eigenvalue weighted by molar-refractivity contribution is -0.247. The quantitative estimate of drug-likeness (QED) is 0.193. The van der Waals surface area contributed by atoms with Crippen LogP contribution in [-0.2, 0) is 20.7 Å². The number of rotatable bonds is 4. The molecule has 204 valence electrons. The van der Waals surface area contributed by atoms with Gasteiger partial charge in [-0.15, -0.1) is 0 Å². The van der Waals surface area contributed by atoms with E-state index in [2.05, 4.69) is 0 Å². The van der Waals surface area contributed by atoms with E-state index in [9.17, 15) is 35.4 Å². The first-order valence-corrected chi connectivity index (χ1v) is 12.3. The molecule has 0 unspecified atom stereocenters. The van der Waals surface area contributed by atoms with Crippen molar-refractivity contribution in [1.82, 2.24) is 0 Å². The van der Waals surface area contributed by atoms with E-state index in [1.54, 1.807) is 19.1 Å². The molecule has 0 amide bonds. The summed E-state index contributed by atoms with van der Waals surface area (Å²) < 4.78 is 17.2. The van der Waals surface area contributed by atoms with Crippen molar-refractivity contribution in [3.63, 3.8) is 0 Å². The van der Waals surface area contributed by atoms with Crippen molar-refractivity contribution in [2.45, 2.75) is 69.4 Å². The Bertz CT molecular complexity index is 1440. The Balaban J connectivity index is 1.77. The average Bonchev–Trinajstić information content (AvgIpc) is 2.87. The SMILES string of the molecule is COc1cccc2c(O)c3c(O)c4c(c(O)c3c(O)c12)[C@@H](O[C@H]1C[C@H](N)[C@H](O)[C@H](C)O1)C[C@](O)(C(C)=O)C4. The number of aliphatic hydroxyl groups is 2. The molecule has 1 aliphatic carbocycles. The Kier molecular flexibility index (Phi) is 6.32. The number of phenolic OH excluding ortho intramolecular Hbond substituents is 4. The molecule has 1 fully saturated rings. The number of hydrogen-bond donors (Lipinski definition) is 7. The van der Waals surface area contributed by atoms with Crippen LogP contribution in [0.2, 0.25) is 0 Å². The zero-order valence-corrected chi connectivity index (χ0v) is 21.1. The molecule has 1 heterocycles. The highest BCUT2D eigenvalue weighted by Gasteiger charge is 2.47. The molecule has 3 aromatic carbocycles. The van der Waals surface area contributed by atoms with E-state index >= 15 is 0 Å². The summed E-state index contributed by atoms with van der Waals surface area (Å²) in [6.45, 7) is 2.82. The number of fused-ring (bicyclic) bond motifs is 3. The van der Waals surface area contributed by atoms with E-state index in [1.165, 1.54) is 20.1 Å². The Hall–Kier alpha value is -3.35. The lowest BCUT2D eigenvalue weighted by atomic mass is 9.74. The number of aliphatic hydroxyl groups excluding tert-OH is 1. The minimum Gasteiger partial charge on any atom is -0.507 e. The molecule has 0 spiro atoms. The number of ketones is 1. The van der Waals surface area contributed by atoms with Crippen LogP contribution in [0.15, 0.2) is 18.2 Å². The van der Waals surface area contributed by atoms with Crippen LogP contribution >= 0.6 is 0 Å². The predicted molar refractivity (Wildman–Crippen MR) is 135 cm³/mol. The molecule has 11 heteroatoms. The third-order valence-electron chi connectivity index (χ3n) is 7.84. The summed E-state index contributed by atoms with van der Waals surface area (Å²) in [5.74, 6) is -2.26. The molecule has 5 rings (SSSR count). The summed E-state index contributed by atoms with van der Waals surface area (Å²) in [7, 11) is 1.39. The number of phenols is 4. The van der Waals surface area contributed by atoms with E-state index in [4.69, 9.17) is 19.9 Å². The summed E-state index contributed by atoms with van der Waals surface area (Å²) in [6.07, 6.45) is -4.31. The molecular weight excluding hydrogens is 498 g/mol. The topological polar surface area (TPSA) is 192 Å². The van der Waals surface area contributed by atoms with Gasteiger partial charge in [-0.3, -0.25) is 4.79 Å². The number of Topliss-reactive ketones (excluding diaryl/α,β-unsaturated/α-hetero) is 1. The molecule has 0 radical (unpaired) electrons. The van der Waals surface area contributed by atoms with Crippen molar-refractivity contribution in [3.8, 4) is 28.7 Å². The van der Waals surface area contributed by atoms with E-state index in [-0.39, 0.29) is 57.7 Å². The van der Waals surface area contributed by atoms with Crippen LogP contribution in [0.4, 0.5) is 0 Å². The molecule has 2 aliphatic rings. The number of aromatic hydroxyl groups is 4. The minimum absolute atomic E-state index is 0.0194. The van der Waals surface area contributed by atoms with Crippen LogP contribution in [0.1, 0.15) is 43.9 Å². The van der Waals surface area contributed by atoms with Gasteiger partial charge in [-0.2, -0.15) is 0 Å². The number of hydrogen-bond acceptors (Lipinski definition) is 11. The van der Waals surface area contributed by atoms with Crippen LogP contribution in [0.3, 0.4) is 0 Å². The minimum atomic E-state index is -1.96. The fraction of sp³-hybridized carbons (Fsp3) is 0.444. The van der Waals surface area contributed by atoms with Crippen molar-refractivity contribution in [2.75, 3.05) is 7.11 Å². The van der Waals surface area contributed by atoms with Gasteiger partial charge in [0.05, 0.1) is 41.6 Å². The van der Waals surface area contributed by atoms with Gasteiger partial charge in [0, 0.05) is 41.8 Å². The van der Waals surface area contributed by atoms with E-state index < -0.39 is 65.0 Å². The fourth-order valence-corrected chi connectivity index (χ4v) is 5.70. The van der Waals surface area contributed by atoms with Crippen molar-refractivity contribution in [3.05, 3.63) is 29.3 Å². The standard InChI is InChI=1S/C27H31NO10/c1-10-22(30)14(28)7-17(37-10)38-16-9-27(35,11(2)29)8-13-19(16)26(34)21-20(24(13)32)23(31)12-5-4-6-15(36-3)18(12)25(21)33/h4-6,10,14,16-17,22,30-35H,7-9,28H2,1-3H3/t10-,14-,16-,17-,22+,27-/m0/s1. The number of methoxy groups -OCH3 is 1. The Morgan fingerprint density at radius 2 is 1.76 bits per heavy atom. The number of nitrogens with two attached hydrogens (primary N) is 1. The molecule has 0 aromatic heterocycles. The van der Waals surface area contributed by atoms with Crippen molar-refractivity contribution >= 4 is 27.3 Å². The second-order valence-corrected chi connectivity index (χ2v) is 10.2. The molecule has 8 N–H and O–H groups in total. The Morgan fingerprint density at radius 3 is 2.39 bits per heavy atom. The van der Waals surface area contributed by atoms with Crippen LogP contribution in [0.5, 0.6) is 28.7 Å². The first-order chi connectivity index (χ1) is 17.9. The molecule has 1 saturated heterocycles. The second kappa shape index (κ2) is 9.14. The summed E-state index contributed by atoms with van der Waals surface area (Å²) in [5, 5.41) is 66.5. The molecule has 38 heavy (non-hydrogen) atoms. The van der Waals surface area contributed by atoms with Crippen molar-refractivity contribution in [2.24, 2.45) is 5.73 Å². The van der Waals surface area contributed by atoms with Crippen LogP contribution in [0, 0.1) is 0 Å².